The number of amides is 2. The Kier molecular flexibility index (Phi) is 5.37. The highest BCUT2D eigenvalue weighted by molar-refractivity contribution is 5.88. The van der Waals surface area contributed by atoms with E-state index in [1.807, 2.05) is 9.80 Å². The van der Waals surface area contributed by atoms with Gasteiger partial charge in [0.25, 0.3) is 0 Å². The molecule has 2 aliphatic rings. The summed E-state index contributed by atoms with van der Waals surface area (Å²) in [6.45, 7) is 2.97. The van der Waals surface area contributed by atoms with Gasteiger partial charge in [0, 0.05) is 26.2 Å². The number of hydrogen-bond acceptors (Lipinski definition) is 3. The second-order valence-electron chi connectivity index (χ2n) is 7.18. The third kappa shape index (κ3) is 3.84. The average molecular weight is 347 g/mol. The Bertz CT molecular complexity index is 626. The molecule has 136 valence electrons. The number of halogens is 1. The minimum atomic E-state index is -0.521. The van der Waals surface area contributed by atoms with E-state index in [9.17, 15) is 14.0 Å². The molecule has 0 unspecified atom stereocenters. The topological polar surface area (TPSA) is 66.6 Å². The second kappa shape index (κ2) is 7.52. The highest BCUT2D eigenvalue weighted by Gasteiger charge is 2.45. The van der Waals surface area contributed by atoms with Gasteiger partial charge in [-0.3, -0.25) is 14.5 Å². The van der Waals surface area contributed by atoms with Crippen LogP contribution >= 0.6 is 0 Å². The molecule has 1 saturated carbocycles. The summed E-state index contributed by atoms with van der Waals surface area (Å²) in [7, 11) is 0. The lowest BCUT2D eigenvalue weighted by atomic mass is 9.77. The second-order valence-corrected chi connectivity index (χ2v) is 7.18. The lowest BCUT2D eigenvalue weighted by molar-refractivity contribution is -0.137. The van der Waals surface area contributed by atoms with E-state index >= 15 is 0 Å². The maximum atomic E-state index is 13.4. The molecule has 1 aliphatic heterocycles. The predicted molar refractivity (Wildman–Crippen MR) is 93.4 cm³/mol. The van der Waals surface area contributed by atoms with Crippen LogP contribution in [-0.4, -0.2) is 54.3 Å². The van der Waals surface area contributed by atoms with Crippen LogP contribution in [-0.2, 0) is 15.0 Å². The van der Waals surface area contributed by atoms with Crippen molar-refractivity contribution in [1.29, 1.82) is 0 Å². The number of carbonyl (C=O) groups excluding carboxylic acids is 2. The summed E-state index contributed by atoms with van der Waals surface area (Å²) in [5.41, 5.74) is 5.69. The average Bonchev–Trinajstić information content (AvgIpc) is 2.97. The quantitative estimate of drug-likeness (QED) is 0.901. The molecule has 0 bridgehead atoms. The van der Waals surface area contributed by atoms with E-state index in [0.29, 0.717) is 19.6 Å². The third-order valence-corrected chi connectivity index (χ3v) is 5.52. The zero-order valence-corrected chi connectivity index (χ0v) is 14.5. The van der Waals surface area contributed by atoms with Gasteiger partial charge in [0.15, 0.2) is 0 Å². The normalized spacial score (nSPS) is 21.1. The fourth-order valence-electron chi connectivity index (χ4n) is 4.23. The molecule has 1 aliphatic carbocycles. The maximum absolute atomic E-state index is 13.4. The largest absolute Gasteiger partial charge is 0.369 e. The minimum absolute atomic E-state index is 0.150. The summed E-state index contributed by atoms with van der Waals surface area (Å²) < 4.78 is 13.3. The van der Waals surface area contributed by atoms with Crippen molar-refractivity contribution in [1.82, 2.24) is 9.80 Å². The van der Waals surface area contributed by atoms with E-state index < -0.39 is 5.41 Å². The predicted octanol–water partition coefficient (Wildman–Crippen LogP) is 1.66. The first-order valence-electron chi connectivity index (χ1n) is 9.07. The minimum Gasteiger partial charge on any atom is -0.369 e. The fraction of sp³-hybridized carbons (Fsp3) is 0.579. The smallest absolute Gasteiger partial charge is 0.233 e. The van der Waals surface area contributed by atoms with E-state index in [1.54, 1.807) is 12.1 Å². The number of rotatable bonds is 4. The third-order valence-electron chi connectivity index (χ3n) is 5.52. The Morgan fingerprint density at radius 1 is 1.00 bits per heavy atom. The zero-order valence-electron chi connectivity index (χ0n) is 14.5. The Morgan fingerprint density at radius 2 is 1.68 bits per heavy atom. The van der Waals surface area contributed by atoms with Crippen molar-refractivity contribution >= 4 is 11.8 Å². The molecule has 1 saturated heterocycles. The SMILES string of the molecule is NC(=O)CN1CCCN(C(=O)C2(c3ccc(F)cc3)CCCC2)CC1. The lowest BCUT2D eigenvalue weighted by Crippen LogP contribution is -2.47. The van der Waals surface area contributed by atoms with Crippen molar-refractivity contribution in [2.45, 2.75) is 37.5 Å². The Labute approximate surface area is 148 Å². The van der Waals surface area contributed by atoms with Crippen LogP contribution in [0.4, 0.5) is 4.39 Å². The monoisotopic (exact) mass is 347 g/mol. The molecule has 2 fully saturated rings. The summed E-state index contributed by atoms with van der Waals surface area (Å²) in [6.07, 6.45) is 4.51. The van der Waals surface area contributed by atoms with Crippen LogP contribution in [0.2, 0.25) is 0 Å². The van der Waals surface area contributed by atoms with Crippen molar-refractivity contribution in [2.75, 3.05) is 32.7 Å². The van der Waals surface area contributed by atoms with E-state index in [4.69, 9.17) is 5.73 Å². The molecule has 0 aromatic heterocycles. The van der Waals surface area contributed by atoms with Gasteiger partial charge in [0.05, 0.1) is 12.0 Å². The Balaban J connectivity index is 1.77. The number of nitrogens with zero attached hydrogens (tertiary/aromatic N) is 2. The van der Waals surface area contributed by atoms with Crippen LogP contribution in [0.1, 0.15) is 37.7 Å². The van der Waals surface area contributed by atoms with Crippen LogP contribution in [0.25, 0.3) is 0 Å². The molecule has 3 rings (SSSR count). The number of carbonyl (C=O) groups is 2. The molecule has 1 heterocycles. The van der Waals surface area contributed by atoms with Crippen LogP contribution in [0.5, 0.6) is 0 Å². The number of primary amides is 1. The first-order chi connectivity index (χ1) is 12.0. The summed E-state index contributed by atoms with van der Waals surface area (Å²) in [6, 6.07) is 6.41. The first-order valence-corrected chi connectivity index (χ1v) is 9.07. The molecule has 2 amide bonds. The lowest BCUT2D eigenvalue weighted by Gasteiger charge is -2.34. The molecule has 1 aromatic rings. The molecule has 0 spiro atoms. The van der Waals surface area contributed by atoms with Crippen molar-refractivity contribution in [3.8, 4) is 0 Å². The summed E-state index contributed by atoms with van der Waals surface area (Å²) in [4.78, 5) is 28.5. The van der Waals surface area contributed by atoms with Crippen molar-refractivity contribution in [3.63, 3.8) is 0 Å². The van der Waals surface area contributed by atoms with Crippen LogP contribution in [0, 0.1) is 5.82 Å². The molecular formula is C19H26FN3O2. The van der Waals surface area contributed by atoms with Gasteiger partial charge in [-0.25, -0.2) is 4.39 Å². The zero-order chi connectivity index (χ0) is 17.9. The van der Waals surface area contributed by atoms with Crippen molar-refractivity contribution in [3.05, 3.63) is 35.6 Å². The van der Waals surface area contributed by atoms with Crippen LogP contribution in [0.3, 0.4) is 0 Å². The van der Waals surface area contributed by atoms with Gasteiger partial charge >= 0.3 is 0 Å². The van der Waals surface area contributed by atoms with Gasteiger partial charge in [-0.05, 0) is 37.0 Å². The van der Waals surface area contributed by atoms with Gasteiger partial charge in [0.2, 0.25) is 11.8 Å². The summed E-state index contributed by atoms with van der Waals surface area (Å²) in [5.74, 6) is -0.461. The highest BCUT2D eigenvalue weighted by Crippen LogP contribution is 2.42. The fourth-order valence-corrected chi connectivity index (χ4v) is 4.23. The maximum Gasteiger partial charge on any atom is 0.233 e. The molecule has 0 radical (unpaired) electrons. The summed E-state index contributed by atoms with van der Waals surface area (Å²) in [5, 5.41) is 0. The van der Waals surface area contributed by atoms with Crippen molar-refractivity contribution in [2.24, 2.45) is 5.73 Å². The number of nitrogens with two attached hydrogens (primary N) is 1. The van der Waals surface area contributed by atoms with Gasteiger partial charge < -0.3 is 10.6 Å². The van der Waals surface area contributed by atoms with E-state index in [2.05, 4.69) is 0 Å². The van der Waals surface area contributed by atoms with Gasteiger partial charge in [-0.2, -0.15) is 0 Å². The first kappa shape index (κ1) is 17.9. The molecule has 6 heteroatoms. The van der Waals surface area contributed by atoms with Crippen LogP contribution < -0.4 is 5.73 Å². The molecule has 1 aromatic carbocycles. The van der Waals surface area contributed by atoms with Crippen molar-refractivity contribution < 1.29 is 14.0 Å². The molecule has 2 N–H and O–H groups in total. The van der Waals surface area contributed by atoms with Gasteiger partial charge in [-0.1, -0.05) is 25.0 Å². The standard InChI is InChI=1S/C19H26FN3O2/c20-16-6-4-15(5-7-16)19(8-1-2-9-19)18(25)23-11-3-10-22(12-13-23)14-17(21)24/h4-7H,1-3,8-14H2,(H2,21,24). The Hall–Kier alpha value is -1.95. The van der Waals surface area contributed by atoms with E-state index in [1.165, 1.54) is 12.1 Å². The van der Waals surface area contributed by atoms with E-state index in [0.717, 1.165) is 44.2 Å². The van der Waals surface area contributed by atoms with Gasteiger partial charge in [-0.15, -0.1) is 0 Å². The number of benzene rings is 1. The molecule has 5 nitrogen and oxygen atoms in total. The molecule has 25 heavy (non-hydrogen) atoms. The molecular weight excluding hydrogens is 321 g/mol. The van der Waals surface area contributed by atoms with E-state index in [-0.39, 0.29) is 24.2 Å². The Morgan fingerprint density at radius 3 is 2.32 bits per heavy atom. The summed E-state index contributed by atoms with van der Waals surface area (Å²) >= 11 is 0. The number of hydrogen-bond donors (Lipinski definition) is 1. The van der Waals surface area contributed by atoms with Crippen LogP contribution in [0.15, 0.2) is 24.3 Å². The highest BCUT2D eigenvalue weighted by atomic mass is 19.1. The molecule has 0 atom stereocenters. The van der Waals surface area contributed by atoms with Gasteiger partial charge in [0.1, 0.15) is 5.82 Å².